The van der Waals surface area contributed by atoms with Crippen molar-refractivity contribution in [2.45, 2.75) is 39.5 Å². The van der Waals surface area contributed by atoms with E-state index in [1.165, 1.54) is 0 Å². The Morgan fingerprint density at radius 1 is 1.36 bits per heavy atom. The quantitative estimate of drug-likeness (QED) is 0.898. The molecule has 0 saturated carbocycles. The molecule has 0 unspecified atom stereocenters. The van der Waals surface area contributed by atoms with Crippen molar-refractivity contribution in [2.75, 3.05) is 25.5 Å². The summed E-state index contributed by atoms with van der Waals surface area (Å²) in [5.74, 6) is 1.84. The van der Waals surface area contributed by atoms with Gasteiger partial charge in [-0.1, -0.05) is 12.1 Å². The number of anilines is 1. The highest BCUT2D eigenvalue weighted by Gasteiger charge is 2.29. The summed E-state index contributed by atoms with van der Waals surface area (Å²) in [6.07, 6.45) is 7.00. The molecule has 1 aliphatic rings. The first-order valence-corrected chi connectivity index (χ1v) is 8.86. The number of carbonyl (C=O) groups is 1. The van der Waals surface area contributed by atoms with Crippen LogP contribution in [-0.2, 0) is 12.8 Å². The standard InChI is InChI=1S/C18H25N5O2/c1-4-14-16(12(2)25-22-14)18(24)23-9-5-6-13(11-23)10-15-17(19-3)21-8-7-20-15/h7-8,13H,4-6,9-11H2,1-3H3,(H,19,21)/t13-/m0/s1. The molecule has 1 saturated heterocycles. The molecule has 0 spiro atoms. The van der Waals surface area contributed by atoms with Gasteiger partial charge in [-0.3, -0.25) is 9.78 Å². The van der Waals surface area contributed by atoms with Gasteiger partial charge < -0.3 is 14.7 Å². The molecule has 0 aromatic carbocycles. The maximum Gasteiger partial charge on any atom is 0.259 e. The van der Waals surface area contributed by atoms with E-state index >= 15 is 0 Å². The second kappa shape index (κ2) is 7.63. The molecular formula is C18H25N5O2. The van der Waals surface area contributed by atoms with Gasteiger partial charge in [-0.25, -0.2) is 4.98 Å². The van der Waals surface area contributed by atoms with Crippen molar-refractivity contribution in [2.24, 2.45) is 5.92 Å². The third kappa shape index (κ3) is 3.65. The van der Waals surface area contributed by atoms with Gasteiger partial charge >= 0.3 is 0 Å². The van der Waals surface area contributed by atoms with Gasteiger partial charge in [0, 0.05) is 32.5 Å². The smallest absolute Gasteiger partial charge is 0.259 e. The van der Waals surface area contributed by atoms with Gasteiger partial charge in [0.25, 0.3) is 5.91 Å². The van der Waals surface area contributed by atoms with Crippen molar-refractivity contribution in [3.63, 3.8) is 0 Å². The summed E-state index contributed by atoms with van der Waals surface area (Å²) < 4.78 is 5.23. The largest absolute Gasteiger partial charge is 0.372 e. The molecule has 0 bridgehead atoms. The first-order valence-electron chi connectivity index (χ1n) is 8.86. The lowest BCUT2D eigenvalue weighted by Gasteiger charge is -2.33. The highest BCUT2D eigenvalue weighted by molar-refractivity contribution is 5.96. The summed E-state index contributed by atoms with van der Waals surface area (Å²) >= 11 is 0. The molecule has 2 aromatic heterocycles. The Morgan fingerprint density at radius 3 is 2.92 bits per heavy atom. The Kier molecular flexibility index (Phi) is 5.31. The minimum atomic E-state index is 0.0354. The fourth-order valence-corrected chi connectivity index (χ4v) is 3.51. The first-order chi connectivity index (χ1) is 12.1. The van der Waals surface area contributed by atoms with E-state index in [2.05, 4.69) is 20.4 Å². The van der Waals surface area contributed by atoms with E-state index in [4.69, 9.17) is 4.52 Å². The maximum atomic E-state index is 13.0. The topological polar surface area (TPSA) is 84.2 Å². The van der Waals surface area contributed by atoms with Gasteiger partial charge in [0.05, 0.1) is 11.4 Å². The number of piperidine rings is 1. The monoisotopic (exact) mass is 343 g/mol. The van der Waals surface area contributed by atoms with Crippen LogP contribution >= 0.6 is 0 Å². The van der Waals surface area contributed by atoms with Crippen LogP contribution in [0.25, 0.3) is 0 Å². The molecule has 3 rings (SSSR count). The van der Waals surface area contributed by atoms with E-state index in [9.17, 15) is 4.79 Å². The molecule has 7 nitrogen and oxygen atoms in total. The van der Waals surface area contributed by atoms with Crippen LogP contribution in [0.15, 0.2) is 16.9 Å². The third-order valence-electron chi connectivity index (χ3n) is 4.78. The average molecular weight is 343 g/mol. The summed E-state index contributed by atoms with van der Waals surface area (Å²) in [5, 5.41) is 7.10. The molecule has 1 N–H and O–H groups in total. The van der Waals surface area contributed by atoms with E-state index in [0.29, 0.717) is 23.7 Å². The van der Waals surface area contributed by atoms with E-state index in [1.54, 1.807) is 19.3 Å². The molecule has 1 aliphatic heterocycles. The molecule has 25 heavy (non-hydrogen) atoms. The van der Waals surface area contributed by atoms with E-state index in [-0.39, 0.29) is 5.91 Å². The maximum absolute atomic E-state index is 13.0. The van der Waals surface area contributed by atoms with Crippen LogP contribution in [0.2, 0.25) is 0 Å². The van der Waals surface area contributed by atoms with Crippen molar-refractivity contribution >= 4 is 11.7 Å². The van der Waals surface area contributed by atoms with Crippen LogP contribution in [-0.4, -0.2) is 46.1 Å². The fraction of sp³-hybridized carbons (Fsp3) is 0.556. The van der Waals surface area contributed by atoms with Crippen LogP contribution in [0, 0.1) is 12.8 Å². The van der Waals surface area contributed by atoms with Gasteiger partial charge in [0.15, 0.2) is 0 Å². The summed E-state index contributed by atoms with van der Waals surface area (Å²) in [7, 11) is 1.85. The molecular weight excluding hydrogens is 318 g/mol. The van der Waals surface area contributed by atoms with E-state index < -0.39 is 0 Å². The number of amides is 1. The molecule has 1 atom stereocenters. The van der Waals surface area contributed by atoms with Crippen molar-refractivity contribution in [3.05, 3.63) is 35.1 Å². The van der Waals surface area contributed by atoms with E-state index in [0.717, 1.165) is 49.6 Å². The van der Waals surface area contributed by atoms with Crippen molar-refractivity contribution < 1.29 is 9.32 Å². The van der Waals surface area contributed by atoms with Gasteiger partial charge in [0.2, 0.25) is 0 Å². The van der Waals surface area contributed by atoms with E-state index in [1.807, 2.05) is 18.9 Å². The van der Waals surface area contributed by atoms with Crippen LogP contribution in [0.3, 0.4) is 0 Å². The number of carbonyl (C=O) groups excluding carboxylic acids is 1. The Balaban J connectivity index is 1.72. The molecule has 7 heteroatoms. The summed E-state index contributed by atoms with van der Waals surface area (Å²) in [6, 6.07) is 0. The lowest BCUT2D eigenvalue weighted by atomic mass is 9.92. The minimum absolute atomic E-state index is 0.0354. The van der Waals surface area contributed by atoms with Gasteiger partial charge in [-0.05, 0) is 38.5 Å². The lowest BCUT2D eigenvalue weighted by Crippen LogP contribution is -2.41. The Hall–Kier alpha value is -2.44. The second-order valence-electron chi connectivity index (χ2n) is 6.48. The van der Waals surface area contributed by atoms with Gasteiger partial charge in [0.1, 0.15) is 17.1 Å². The predicted octanol–water partition coefficient (Wildman–Crippen LogP) is 2.47. The number of aromatic nitrogens is 3. The minimum Gasteiger partial charge on any atom is -0.372 e. The highest BCUT2D eigenvalue weighted by atomic mass is 16.5. The summed E-state index contributed by atoms with van der Waals surface area (Å²) in [6.45, 7) is 5.30. The fourth-order valence-electron chi connectivity index (χ4n) is 3.51. The Bertz CT molecular complexity index is 743. The zero-order valence-corrected chi connectivity index (χ0v) is 15.1. The normalized spacial score (nSPS) is 17.6. The molecule has 3 heterocycles. The molecule has 1 amide bonds. The third-order valence-corrected chi connectivity index (χ3v) is 4.78. The molecule has 134 valence electrons. The van der Waals surface area contributed by atoms with Crippen LogP contribution in [0.4, 0.5) is 5.82 Å². The summed E-state index contributed by atoms with van der Waals surface area (Å²) in [4.78, 5) is 23.7. The number of likely N-dealkylation sites (tertiary alicyclic amines) is 1. The average Bonchev–Trinajstić information content (AvgIpc) is 3.02. The number of rotatable bonds is 5. The summed E-state index contributed by atoms with van der Waals surface area (Å²) in [5.41, 5.74) is 2.34. The Morgan fingerprint density at radius 2 is 2.16 bits per heavy atom. The predicted molar refractivity (Wildman–Crippen MR) is 94.5 cm³/mol. The van der Waals surface area contributed by atoms with Crippen LogP contribution in [0.1, 0.15) is 47.3 Å². The van der Waals surface area contributed by atoms with Crippen LogP contribution in [0.5, 0.6) is 0 Å². The number of nitrogens with zero attached hydrogens (tertiary/aromatic N) is 4. The number of hydrogen-bond acceptors (Lipinski definition) is 6. The number of aryl methyl sites for hydroxylation is 2. The van der Waals surface area contributed by atoms with Crippen molar-refractivity contribution in [1.82, 2.24) is 20.0 Å². The second-order valence-corrected chi connectivity index (χ2v) is 6.48. The molecule has 0 radical (unpaired) electrons. The van der Waals surface area contributed by atoms with Crippen LogP contribution < -0.4 is 5.32 Å². The van der Waals surface area contributed by atoms with Crippen molar-refractivity contribution in [3.8, 4) is 0 Å². The van der Waals surface area contributed by atoms with Gasteiger partial charge in [-0.2, -0.15) is 0 Å². The lowest BCUT2D eigenvalue weighted by molar-refractivity contribution is 0.0670. The molecule has 1 fully saturated rings. The number of hydrogen-bond donors (Lipinski definition) is 1. The zero-order chi connectivity index (χ0) is 17.8. The highest BCUT2D eigenvalue weighted by Crippen LogP contribution is 2.25. The van der Waals surface area contributed by atoms with Crippen molar-refractivity contribution in [1.29, 1.82) is 0 Å². The van der Waals surface area contributed by atoms with Gasteiger partial charge in [-0.15, -0.1) is 0 Å². The SMILES string of the molecule is CCc1noc(C)c1C(=O)N1CCC[C@@H](Cc2nccnc2NC)C1. The number of nitrogens with one attached hydrogen (secondary N) is 1. The molecule has 0 aliphatic carbocycles. The zero-order valence-electron chi connectivity index (χ0n) is 15.1. The first kappa shape index (κ1) is 17.4. The Labute approximate surface area is 147 Å². The molecule has 2 aromatic rings.